The molecular formula is C18H20Cl2N2O. The Bertz CT molecular complexity index is 649. The molecule has 0 spiro atoms. The molecule has 1 N–H and O–H groups in total. The maximum absolute atomic E-state index is 12.2. The molecule has 2 aromatic rings. The Labute approximate surface area is 147 Å². The topological polar surface area (TPSA) is 32.3 Å². The number of rotatable bonds is 6. The van der Waals surface area contributed by atoms with Crippen LogP contribution < -0.4 is 5.32 Å². The van der Waals surface area contributed by atoms with E-state index in [-0.39, 0.29) is 12.3 Å². The molecule has 122 valence electrons. The van der Waals surface area contributed by atoms with Crippen LogP contribution in [0.4, 0.5) is 5.69 Å². The normalized spacial score (nSPS) is 10.8. The lowest BCUT2D eigenvalue weighted by Gasteiger charge is -2.11. The highest BCUT2D eigenvalue weighted by atomic mass is 35.5. The molecule has 0 fully saturated rings. The van der Waals surface area contributed by atoms with Gasteiger partial charge in [-0.3, -0.25) is 4.79 Å². The molecule has 23 heavy (non-hydrogen) atoms. The molecule has 0 bridgehead atoms. The van der Waals surface area contributed by atoms with Crippen molar-refractivity contribution in [3.05, 3.63) is 63.6 Å². The summed E-state index contributed by atoms with van der Waals surface area (Å²) in [4.78, 5) is 14.3. The first-order valence-corrected chi connectivity index (χ1v) is 8.17. The van der Waals surface area contributed by atoms with E-state index in [1.54, 1.807) is 18.2 Å². The minimum absolute atomic E-state index is 0.138. The van der Waals surface area contributed by atoms with Crippen LogP contribution in [0.1, 0.15) is 11.1 Å². The highest BCUT2D eigenvalue weighted by Gasteiger charge is 2.11. The third kappa shape index (κ3) is 5.54. The third-order valence-corrected chi connectivity index (χ3v) is 4.19. The van der Waals surface area contributed by atoms with Gasteiger partial charge in [0.2, 0.25) is 5.91 Å². The smallest absolute Gasteiger partial charge is 0.228 e. The van der Waals surface area contributed by atoms with Gasteiger partial charge in [0, 0.05) is 22.3 Å². The zero-order valence-corrected chi connectivity index (χ0v) is 14.8. The maximum atomic E-state index is 12.2. The summed E-state index contributed by atoms with van der Waals surface area (Å²) in [5.41, 5.74) is 2.66. The quantitative estimate of drug-likeness (QED) is 0.843. The summed E-state index contributed by atoms with van der Waals surface area (Å²) in [5, 5.41) is 3.88. The van der Waals surface area contributed by atoms with Gasteiger partial charge in [0.05, 0.1) is 6.42 Å². The molecule has 0 atom stereocenters. The van der Waals surface area contributed by atoms with Gasteiger partial charge < -0.3 is 10.2 Å². The Hall–Kier alpha value is -1.55. The van der Waals surface area contributed by atoms with Crippen molar-refractivity contribution in [2.24, 2.45) is 0 Å². The Balaban J connectivity index is 1.95. The maximum Gasteiger partial charge on any atom is 0.228 e. The van der Waals surface area contributed by atoms with Gasteiger partial charge in [0.1, 0.15) is 0 Å². The van der Waals surface area contributed by atoms with E-state index in [4.69, 9.17) is 23.2 Å². The van der Waals surface area contributed by atoms with E-state index in [0.29, 0.717) is 15.6 Å². The second-order valence-corrected chi connectivity index (χ2v) is 6.49. The van der Waals surface area contributed by atoms with E-state index in [1.807, 2.05) is 24.3 Å². The lowest BCUT2D eigenvalue weighted by Crippen LogP contribution is -2.16. The van der Waals surface area contributed by atoms with E-state index in [2.05, 4.69) is 24.3 Å². The first-order chi connectivity index (χ1) is 11.0. The van der Waals surface area contributed by atoms with Crippen molar-refractivity contribution in [1.82, 2.24) is 4.90 Å². The number of amides is 1. The van der Waals surface area contributed by atoms with Crippen LogP contribution in [0.3, 0.4) is 0 Å². The second kappa shape index (κ2) is 8.34. The monoisotopic (exact) mass is 350 g/mol. The average Bonchev–Trinajstić information content (AvgIpc) is 2.50. The molecule has 2 aromatic carbocycles. The third-order valence-electron chi connectivity index (χ3n) is 3.48. The number of nitrogens with one attached hydrogen (secondary N) is 1. The number of carbonyl (C=O) groups excluding carboxylic acids is 1. The van der Waals surface area contributed by atoms with Crippen LogP contribution in [0.5, 0.6) is 0 Å². The van der Waals surface area contributed by atoms with E-state index in [1.165, 1.54) is 5.56 Å². The fraction of sp³-hybridized carbons (Fsp3) is 0.278. The summed E-state index contributed by atoms with van der Waals surface area (Å²) in [7, 11) is 4.10. The summed E-state index contributed by atoms with van der Waals surface area (Å²) < 4.78 is 0. The Morgan fingerprint density at radius 3 is 2.22 bits per heavy atom. The van der Waals surface area contributed by atoms with Crippen LogP contribution in [0.2, 0.25) is 10.0 Å². The zero-order chi connectivity index (χ0) is 16.8. The van der Waals surface area contributed by atoms with Gasteiger partial charge >= 0.3 is 0 Å². The number of likely N-dealkylation sites (N-methyl/N-ethyl adjacent to an activating group) is 1. The molecule has 2 rings (SSSR count). The molecule has 0 aromatic heterocycles. The van der Waals surface area contributed by atoms with Crippen molar-refractivity contribution in [1.29, 1.82) is 0 Å². The van der Waals surface area contributed by atoms with Crippen LogP contribution in [-0.2, 0) is 17.6 Å². The lowest BCUT2D eigenvalue weighted by molar-refractivity contribution is -0.115. The minimum atomic E-state index is -0.138. The number of nitrogens with zero attached hydrogens (tertiary/aromatic N) is 1. The van der Waals surface area contributed by atoms with Crippen LogP contribution in [0.15, 0.2) is 42.5 Å². The summed E-state index contributed by atoms with van der Waals surface area (Å²) >= 11 is 12.2. The molecule has 0 saturated heterocycles. The first-order valence-electron chi connectivity index (χ1n) is 7.42. The Morgan fingerprint density at radius 2 is 1.65 bits per heavy atom. The van der Waals surface area contributed by atoms with Crippen molar-refractivity contribution in [2.75, 3.05) is 26.0 Å². The molecular weight excluding hydrogens is 331 g/mol. The molecule has 0 aliphatic rings. The van der Waals surface area contributed by atoms with Crippen LogP contribution in [0.25, 0.3) is 0 Å². The van der Waals surface area contributed by atoms with E-state index < -0.39 is 0 Å². The van der Waals surface area contributed by atoms with Gasteiger partial charge in [-0.1, -0.05) is 41.4 Å². The van der Waals surface area contributed by atoms with Crippen molar-refractivity contribution in [3.63, 3.8) is 0 Å². The summed E-state index contributed by atoms with van der Waals surface area (Å²) in [6.45, 7) is 0.997. The second-order valence-electron chi connectivity index (χ2n) is 5.68. The highest BCUT2D eigenvalue weighted by molar-refractivity contribution is 6.36. The molecule has 0 unspecified atom stereocenters. The van der Waals surface area contributed by atoms with E-state index in [0.717, 1.165) is 18.7 Å². The number of hydrogen-bond acceptors (Lipinski definition) is 2. The number of carbonyl (C=O) groups is 1. The van der Waals surface area contributed by atoms with Gasteiger partial charge in [-0.2, -0.15) is 0 Å². The van der Waals surface area contributed by atoms with Crippen molar-refractivity contribution >= 4 is 34.8 Å². The number of benzene rings is 2. The predicted octanol–water partition coefficient (Wildman–Crippen LogP) is 4.28. The fourth-order valence-electron chi connectivity index (χ4n) is 2.17. The first kappa shape index (κ1) is 17.8. The lowest BCUT2D eigenvalue weighted by atomic mass is 10.1. The zero-order valence-electron chi connectivity index (χ0n) is 13.3. The van der Waals surface area contributed by atoms with Crippen molar-refractivity contribution < 1.29 is 4.79 Å². The van der Waals surface area contributed by atoms with E-state index >= 15 is 0 Å². The van der Waals surface area contributed by atoms with Gasteiger partial charge in [-0.05, 0) is 55.9 Å². The SMILES string of the molecule is CN(C)CCc1ccc(NC(=O)Cc2c(Cl)cccc2Cl)cc1. The summed E-state index contributed by atoms with van der Waals surface area (Å²) in [6.07, 6.45) is 1.14. The van der Waals surface area contributed by atoms with Gasteiger partial charge in [-0.15, -0.1) is 0 Å². The minimum Gasteiger partial charge on any atom is -0.326 e. The molecule has 0 aliphatic carbocycles. The standard InChI is InChI=1S/C18H20Cl2N2O/c1-22(2)11-10-13-6-8-14(9-7-13)21-18(23)12-15-16(19)4-3-5-17(15)20/h3-9H,10-12H2,1-2H3,(H,21,23). The van der Waals surface area contributed by atoms with Gasteiger partial charge in [-0.25, -0.2) is 0 Å². The molecule has 0 heterocycles. The van der Waals surface area contributed by atoms with Gasteiger partial charge in [0.15, 0.2) is 0 Å². The molecule has 0 aliphatic heterocycles. The molecule has 1 amide bonds. The average molecular weight is 351 g/mol. The number of hydrogen-bond donors (Lipinski definition) is 1. The molecule has 0 radical (unpaired) electrons. The van der Waals surface area contributed by atoms with Crippen LogP contribution in [0, 0.1) is 0 Å². The largest absolute Gasteiger partial charge is 0.326 e. The van der Waals surface area contributed by atoms with Crippen molar-refractivity contribution in [3.8, 4) is 0 Å². The Kier molecular flexibility index (Phi) is 6.46. The van der Waals surface area contributed by atoms with Crippen molar-refractivity contribution in [2.45, 2.75) is 12.8 Å². The summed E-state index contributed by atoms with van der Waals surface area (Å²) in [5.74, 6) is -0.138. The predicted molar refractivity (Wildman–Crippen MR) is 97.5 cm³/mol. The number of anilines is 1. The van der Waals surface area contributed by atoms with Gasteiger partial charge in [0.25, 0.3) is 0 Å². The fourth-order valence-corrected chi connectivity index (χ4v) is 2.71. The van der Waals surface area contributed by atoms with Crippen LogP contribution >= 0.6 is 23.2 Å². The molecule has 0 saturated carbocycles. The van der Waals surface area contributed by atoms with Crippen LogP contribution in [-0.4, -0.2) is 31.4 Å². The molecule has 3 nitrogen and oxygen atoms in total. The molecule has 5 heteroatoms. The summed E-state index contributed by atoms with van der Waals surface area (Å²) in [6, 6.07) is 13.1. The Morgan fingerprint density at radius 1 is 1.04 bits per heavy atom. The highest BCUT2D eigenvalue weighted by Crippen LogP contribution is 2.25. The number of halogens is 2. The van der Waals surface area contributed by atoms with E-state index in [9.17, 15) is 4.79 Å².